The monoisotopic (exact) mass is 461 g/mol. The van der Waals surface area contributed by atoms with E-state index in [9.17, 15) is 14.9 Å². The molecule has 3 rings (SSSR count). The van der Waals surface area contributed by atoms with Crippen molar-refractivity contribution in [1.82, 2.24) is 5.43 Å². The van der Waals surface area contributed by atoms with Gasteiger partial charge in [-0.25, -0.2) is 5.43 Å². The van der Waals surface area contributed by atoms with Gasteiger partial charge in [-0.15, -0.1) is 11.3 Å². The van der Waals surface area contributed by atoms with Crippen molar-refractivity contribution >= 4 is 50.8 Å². The topological polar surface area (TPSA) is 103 Å². The first-order valence-electron chi connectivity index (χ1n) is 9.38. The van der Waals surface area contributed by atoms with Crippen LogP contribution in [0.3, 0.4) is 0 Å². The van der Waals surface area contributed by atoms with Gasteiger partial charge in [0.15, 0.2) is 11.5 Å². The molecule has 0 fully saturated rings. The van der Waals surface area contributed by atoms with Gasteiger partial charge in [-0.2, -0.15) is 5.10 Å². The molecule has 1 aromatic heterocycles. The second-order valence-corrected chi connectivity index (χ2v) is 8.15. The third-order valence-corrected chi connectivity index (χ3v) is 5.86. The lowest BCUT2D eigenvalue weighted by Crippen LogP contribution is -2.16. The molecule has 0 aliphatic rings. The summed E-state index contributed by atoms with van der Waals surface area (Å²) in [6.07, 6.45) is 2.24. The highest BCUT2D eigenvalue weighted by atomic mass is 35.5. The molecule has 2 aromatic carbocycles. The number of halogens is 1. The van der Waals surface area contributed by atoms with E-state index >= 15 is 0 Å². The summed E-state index contributed by atoms with van der Waals surface area (Å²) in [5, 5.41) is 15.9. The zero-order valence-corrected chi connectivity index (χ0v) is 18.6. The number of benzene rings is 2. The van der Waals surface area contributed by atoms with E-state index in [1.807, 2.05) is 13.8 Å². The van der Waals surface area contributed by atoms with Crippen LogP contribution in [0.2, 0.25) is 5.02 Å². The quantitative estimate of drug-likeness (QED) is 0.274. The fourth-order valence-corrected chi connectivity index (χ4v) is 3.89. The van der Waals surface area contributed by atoms with Crippen molar-refractivity contribution in [2.24, 2.45) is 5.10 Å². The standard InChI is InChI=1S/C21H20ClN3O5S/c1-4-12(2)30-20-16(22)7-13(8-17(20)29-3)11-23-24-21(26)19-10-14-9-15(25(27)28)5-6-18(14)31-19/h5-12H,4H2,1-3H3,(H,24,26)/b23-11-/t12-/m0/s1. The molecule has 1 amide bonds. The van der Waals surface area contributed by atoms with E-state index in [4.69, 9.17) is 21.1 Å². The molecule has 0 spiro atoms. The van der Waals surface area contributed by atoms with Crippen LogP contribution in [0.4, 0.5) is 5.69 Å². The number of amides is 1. The van der Waals surface area contributed by atoms with E-state index in [0.717, 1.165) is 11.1 Å². The highest BCUT2D eigenvalue weighted by Gasteiger charge is 2.15. The Kier molecular flexibility index (Phi) is 7.09. The van der Waals surface area contributed by atoms with Gasteiger partial charge in [0, 0.05) is 22.2 Å². The van der Waals surface area contributed by atoms with Gasteiger partial charge in [0.2, 0.25) is 0 Å². The van der Waals surface area contributed by atoms with E-state index in [2.05, 4.69) is 10.5 Å². The van der Waals surface area contributed by atoms with Crippen LogP contribution in [0.25, 0.3) is 10.1 Å². The highest BCUT2D eigenvalue weighted by molar-refractivity contribution is 7.20. The molecule has 31 heavy (non-hydrogen) atoms. The number of hydrogen-bond acceptors (Lipinski definition) is 7. The van der Waals surface area contributed by atoms with E-state index in [1.165, 1.54) is 36.8 Å². The zero-order valence-electron chi connectivity index (χ0n) is 17.0. The number of thiophene rings is 1. The molecule has 0 unspecified atom stereocenters. The third-order valence-electron chi connectivity index (χ3n) is 4.46. The van der Waals surface area contributed by atoms with Crippen molar-refractivity contribution in [3.05, 3.63) is 62.0 Å². The van der Waals surface area contributed by atoms with Crippen LogP contribution in [0.5, 0.6) is 11.5 Å². The molecular formula is C21H20ClN3O5S. The first-order chi connectivity index (χ1) is 14.8. The molecule has 0 saturated carbocycles. The smallest absolute Gasteiger partial charge is 0.281 e. The fraction of sp³-hybridized carbons (Fsp3) is 0.238. The number of nitro benzene ring substituents is 1. The SMILES string of the molecule is CC[C@H](C)Oc1c(Cl)cc(/C=N\NC(=O)c2cc3cc([N+](=O)[O-])ccc3s2)cc1OC. The van der Waals surface area contributed by atoms with Crippen LogP contribution in [-0.4, -0.2) is 30.3 Å². The van der Waals surface area contributed by atoms with Crippen LogP contribution in [-0.2, 0) is 0 Å². The molecule has 3 aromatic rings. The Bertz CT molecular complexity index is 1160. The van der Waals surface area contributed by atoms with Crippen LogP contribution >= 0.6 is 22.9 Å². The number of nitrogens with one attached hydrogen (secondary N) is 1. The minimum atomic E-state index is -0.472. The maximum atomic E-state index is 12.4. The molecule has 0 aliphatic heterocycles. The predicted octanol–water partition coefficient (Wildman–Crippen LogP) is 5.41. The molecule has 0 radical (unpaired) electrons. The average molecular weight is 462 g/mol. The first kappa shape index (κ1) is 22.5. The second-order valence-electron chi connectivity index (χ2n) is 6.66. The molecule has 0 bridgehead atoms. The number of non-ortho nitro benzene ring substituents is 1. The first-order valence-corrected chi connectivity index (χ1v) is 10.6. The normalized spacial score (nSPS) is 12.1. The Morgan fingerprint density at radius 1 is 1.35 bits per heavy atom. The molecule has 1 atom stereocenters. The van der Waals surface area contributed by atoms with Crippen LogP contribution in [0, 0.1) is 10.1 Å². The van der Waals surface area contributed by atoms with E-state index in [1.54, 1.807) is 24.3 Å². The lowest BCUT2D eigenvalue weighted by Gasteiger charge is -2.17. The van der Waals surface area contributed by atoms with Crippen LogP contribution in [0.1, 0.15) is 35.5 Å². The Morgan fingerprint density at radius 2 is 2.13 bits per heavy atom. The van der Waals surface area contributed by atoms with E-state index < -0.39 is 10.8 Å². The number of nitrogens with zero attached hydrogens (tertiary/aromatic N) is 2. The second kappa shape index (κ2) is 9.76. The number of hydrogen-bond donors (Lipinski definition) is 1. The zero-order chi connectivity index (χ0) is 22.5. The van der Waals surface area contributed by atoms with E-state index in [0.29, 0.717) is 32.3 Å². The van der Waals surface area contributed by atoms with Gasteiger partial charge < -0.3 is 9.47 Å². The summed E-state index contributed by atoms with van der Waals surface area (Å²) in [6, 6.07) is 9.43. The minimum Gasteiger partial charge on any atom is -0.493 e. The van der Waals surface area contributed by atoms with Crippen molar-refractivity contribution in [1.29, 1.82) is 0 Å². The summed E-state index contributed by atoms with van der Waals surface area (Å²) in [7, 11) is 1.52. The van der Waals surface area contributed by atoms with E-state index in [-0.39, 0.29) is 11.8 Å². The van der Waals surface area contributed by atoms with Crippen molar-refractivity contribution in [2.75, 3.05) is 7.11 Å². The average Bonchev–Trinajstić information content (AvgIpc) is 3.18. The van der Waals surface area contributed by atoms with Gasteiger partial charge in [0.25, 0.3) is 11.6 Å². The molecule has 0 aliphatic carbocycles. The van der Waals surface area contributed by atoms with Gasteiger partial charge in [-0.05, 0) is 43.2 Å². The lowest BCUT2D eigenvalue weighted by atomic mass is 10.2. The van der Waals surface area contributed by atoms with Gasteiger partial charge in [-0.1, -0.05) is 18.5 Å². The molecule has 0 saturated heterocycles. The Morgan fingerprint density at radius 3 is 2.81 bits per heavy atom. The summed E-state index contributed by atoms with van der Waals surface area (Å²) in [5.74, 6) is 0.501. The number of hydrazone groups is 1. The number of fused-ring (bicyclic) bond motifs is 1. The molecule has 1 N–H and O–H groups in total. The Balaban J connectivity index is 1.74. The van der Waals surface area contributed by atoms with Gasteiger partial charge in [0.1, 0.15) is 0 Å². The number of rotatable bonds is 8. The van der Waals surface area contributed by atoms with Crippen LogP contribution < -0.4 is 14.9 Å². The molecule has 8 nitrogen and oxygen atoms in total. The Hall–Kier alpha value is -3.17. The van der Waals surface area contributed by atoms with Crippen molar-refractivity contribution in [3.8, 4) is 11.5 Å². The van der Waals surface area contributed by atoms with Gasteiger partial charge in [-0.3, -0.25) is 14.9 Å². The molecular weight excluding hydrogens is 442 g/mol. The van der Waals surface area contributed by atoms with Gasteiger partial charge in [0.05, 0.1) is 34.3 Å². The van der Waals surface area contributed by atoms with Crippen molar-refractivity contribution in [3.63, 3.8) is 0 Å². The fourth-order valence-electron chi connectivity index (χ4n) is 2.69. The number of carbonyl (C=O) groups is 1. The largest absolute Gasteiger partial charge is 0.493 e. The molecule has 10 heteroatoms. The molecule has 1 heterocycles. The summed E-state index contributed by atoms with van der Waals surface area (Å²) < 4.78 is 11.9. The number of nitro groups is 1. The highest BCUT2D eigenvalue weighted by Crippen LogP contribution is 2.37. The maximum absolute atomic E-state index is 12.4. The maximum Gasteiger partial charge on any atom is 0.281 e. The van der Waals surface area contributed by atoms with Crippen molar-refractivity contribution in [2.45, 2.75) is 26.4 Å². The minimum absolute atomic E-state index is 0.0204. The van der Waals surface area contributed by atoms with Gasteiger partial charge >= 0.3 is 0 Å². The third kappa shape index (κ3) is 5.31. The Labute approximate surface area is 187 Å². The predicted molar refractivity (Wildman–Crippen MR) is 122 cm³/mol. The summed E-state index contributed by atoms with van der Waals surface area (Å²) >= 11 is 7.56. The lowest BCUT2D eigenvalue weighted by molar-refractivity contribution is -0.384. The molecule has 162 valence electrons. The van der Waals surface area contributed by atoms with Crippen LogP contribution in [0.15, 0.2) is 41.5 Å². The number of carbonyl (C=O) groups excluding carboxylic acids is 1. The summed E-state index contributed by atoms with van der Waals surface area (Å²) in [5.41, 5.74) is 3.04. The summed E-state index contributed by atoms with van der Waals surface area (Å²) in [4.78, 5) is 23.2. The van der Waals surface area contributed by atoms with Crippen molar-refractivity contribution < 1.29 is 19.2 Å². The number of methoxy groups -OCH3 is 1. The number of ether oxygens (including phenoxy) is 2. The summed E-state index contributed by atoms with van der Waals surface area (Å²) in [6.45, 7) is 3.94.